The van der Waals surface area contributed by atoms with Crippen molar-refractivity contribution in [2.45, 2.75) is 26.4 Å². The zero-order valence-electron chi connectivity index (χ0n) is 20.5. The summed E-state index contributed by atoms with van der Waals surface area (Å²) in [5, 5.41) is 10.9. The summed E-state index contributed by atoms with van der Waals surface area (Å²) < 4.78 is 32.8. The van der Waals surface area contributed by atoms with Crippen LogP contribution in [-0.2, 0) is 9.53 Å². The fourth-order valence-electron chi connectivity index (χ4n) is 2.96. The van der Waals surface area contributed by atoms with E-state index in [2.05, 4.69) is 43.1 Å². The molecule has 3 rings (SSSR count). The van der Waals surface area contributed by atoms with Gasteiger partial charge in [0.05, 0.1) is 17.3 Å². The molecule has 2 aromatic carbocycles. The highest BCUT2D eigenvalue weighted by atomic mass is 19.1. The van der Waals surface area contributed by atoms with E-state index in [9.17, 15) is 18.4 Å². The number of amides is 2. The Kier molecular flexibility index (Phi) is 9.32. The summed E-state index contributed by atoms with van der Waals surface area (Å²) in [5.74, 6) is 4.69. The van der Waals surface area contributed by atoms with Gasteiger partial charge in [-0.1, -0.05) is 24.8 Å². The first kappa shape index (κ1) is 26.9. The van der Waals surface area contributed by atoms with Gasteiger partial charge >= 0.3 is 6.09 Å². The molecule has 192 valence electrons. The molecule has 9 nitrogen and oxygen atoms in total. The largest absolute Gasteiger partial charge is 0.436 e. The van der Waals surface area contributed by atoms with Gasteiger partial charge in [0.1, 0.15) is 17.5 Å². The first-order valence-electron chi connectivity index (χ1n) is 11.4. The zero-order valence-corrected chi connectivity index (χ0v) is 20.5. The Morgan fingerprint density at radius 1 is 1.08 bits per heavy atom. The molecule has 0 spiro atoms. The van der Waals surface area contributed by atoms with Crippen molar-refractivity contribution in [2.75, 3.05) is 29.5 Å². The Balaban J connectivity index is 1.82. The summed E-state index contributed by atoms with van der Waals surface area (Å²) in [4.78, 5) is 32.2. The van der Waals surface area contributed by atoms with Crippen molar-refractivity contribution in [3.8, 4) is 11.8 Å². The molecule has 4 N–H and O–H groups in total. The molecule has 0 radical (unpaired) electrons. The topological polar surface area (TPSA) is 117 Å². The minimum Gasteiger partial charge on any atom is -0.436 e. The van der Waals surface area contributed by atoms with Gasteiger partial charge in [0.15, 0.2) is 6.10 Å². The van der Waals surface area contributed by atoms with Crippen LogP contribution in [0.4, 0.5) is 36.7 Å². The van der Waals surface area contributed by atoms with Gasteiger partial charge in [0.25, 0.3) is 5.91 Å². The number of aromatic nitrogens is 2. The Labute approximate surface area is 213 Å². The predicted octanol–water partition coefficient (Wildman–Crippen LogP) is 4.40. The van der Waals surface area contributed by atoms with E-state index in [0.29, 0.717) is 23.6 Å². The van der Waals surface area contributed by atoms with Gasteiger partial charge in [-0.05, 0) is 49.7 Å². The van der Waals surface area contributed by atoms with Gasteiger partial charge in [-0.15, -0.1) is 0 Å². The second-order valence-corrected chi connectivity index (χ2v) is 7.75. The third-order valence-electron chi connectivity index (χ3n) is 4.83. The fourth-order valence-corrected chi connectivity index (χ4v) is 2.96. The predicted molar refractivity (Wildman–Crippen MR) is 137 cm³/mol. The van der Waals surface area contributed by atoms with E-state index in [1.807, 2.05) is 6.92 Å². The molecular weight excluding hydrogens is 482 g/mol. The first-order valence-corrected chi connectivity index (χ1v) is 11.4. The monoisotopic (exact) mass is 508 g/mol. The van der Waals surface area contributed by atoms with Gasteiger partial charge in [-0.25, -0.2) is 18.6 Å². The third-order valence-corrected chi connectivity index (χ3v) is 4.83. The van der Waals surface area contributed by atoms with Gasteiger partial charge in [-0.3, -0.25) is 4.79 Å². The van der Waals surface area contributed by atoms with Crippen LogP contribution in [0.15, 0.2) is 48.7 Å². The second-order valence-electron chi connectivity index (χ2n) is 7.75. The van der Waals surface area contributed by atoms with E-state index in [4.69, 9.17) is 4.74 Å². The van der Waals surface area contributed by atoms with E-state index >= 15 is 0 Å². The maximum atomic E-state index is 14.4. The van der Waals surface area contributed by atoms with Crippen LogP contribution in [0, 0.1) is 23.5 Å². The number of anilines is 4. The lowest BCUT2D eigenvalue weighted by molar-refractivity contribution is -0.123. The Morgan fingerprint density at radius 2 is 1.86 bits per heavy atom. The summed E-state index contributed by atoms with van der Waals surface area (Å²) in [7, 11) is 1.38. The highest BCUT2D eigenvalue weighted by molar-refractivity contribution is 5.95. The highest BCUT2D eigenvalue weighted by Gasteiger charge is 2.17. The standard InChI is InChI=1S/C26H26F2N6O3/c1-4-12-30-23-18(15-31-25(34-23)33-20-7-5-6-19(27)14-20)9-8-17-13-21(10-11-22(17)28)32-24(35)16(2)37-26(36)29-3/h5-7,10-11,13-16H,4,12H2,1-3H3,(H,29,36)(H,32,35)(H2,30,31,33,34). The van der Waals surface area contributed by atoms with E-state index in [1.165, 1.54) is 50.5 Å². The van der Waals surface area contributed by atoms with E-state index in [0.717, 1.165) is 6.42 Å². The van der Waals surface area contributed by atoms with E-state index in [1.54, 1.807) is 12.1 Å². The molecule has 37 heavy (non-hydrogen) atoms. The van der Waals surface area contributed by atoms with Crippen molar-refractivity contribution in [1.29, 1.82) is 0 Å². The Bertz CT molecular complexity index is 1340. The average molecular weight is 509 g/mol. The average Bonchev–Trinajstić information content (AvgIpc) is 2.88. The summed E-state index contributed by atoms with van der Waals surface area (Å²) in [6, 6.07) is 9.80. The van der Waals surface area contributed by atoms with Gasteiger partial charge in [0.2, 0.25) is 5.95 Å². The third kappa shape index (κ3) is 7.90. The molecule has 1 heterocycles. The first-order chi connectivity index (χ1) is 17.8. The molecule has 0 fully saturated rings. The number of rotatable bonds is 8. The zero-order chi connectivity index (χ0) is 26.8. The molecule has 2 amide bonds. The van der Waals surface area contributed by atoms with Gasteiger partial charge < -0.3 is 26.0 Å². The Hall–Kier alpha value is -4.72. The normalized spacial score (nSPS) is 10.9. The lowest BCUT2D eigenvalue weighted by atomic mass is 10.1. The molecule has 0 bridgehead atoms. The molecule has 0 aliphatic carbocycles. The number of benzene rings is 2. The molecular formula is C26H26F2N6O3. The molecule has 0 saturated carbocycles. The number of carbonyl (C=O) groups is 2. The molecule has 11 heteroatoms. The number of hydrogen-bond acceptors (Lipinski definition) is 7. The lowest BCUT2D eigenvalue weighted by Gasteiger charge is -2.13. The SMILES string of the molecule is CCCNc1nc(Nc2cccc(F)c2)ncc1C#Cc1cc(NC(=O)C(C)OC(=O)NC)ccc1F. The van der Waals surface area contributed by atoms with Gasteiger partial charge in [-0.2, -0.15) is 4.98 Å². The van der Waals surface area contributed by atoms with E-state index in [-0.39, 0.29) is 17.2 Å². The summed E-state index contributed by atoms with van der Waals surface area (Å²) in [5.41, 5.74) is 1.20. The van der Waals surface area contributed by atoms with Crippen molar-refractivity contribution in [3.63, 3.8) is 0 Å². The summed E-state index contributed by atoms with van der Waals surface area (Å²) >= 11 is 0. The van der Waals surface area contributed by atoms with Crippen molar-refractivity contribution in [2.24, 2.45) is 0 Å². The maximum absolute atomic E-state index is 14.4. The Morgan fingerprint density at radius 3 is 2.59 bits per heavy atom. The number of hydrogen-bond donors (Lipinski definition) is 4. The van der Waals surface area contributed by atoms with Crippen LogP contribution in [0.5, 0.6) is 0 Å². The van der Waals surface area contributed by atoms with Crippen molar-refractivity contribution < 1.29 is 23.1 Å². The highest BCUT2D eigenvalue weighted by Crippen LogP contribution is 2.19. The van der Waals surface area contributed by atoms with Crippen molar-refractivity contribution in [3.05, 3.63) is 71.4 Å². The van der Waals surface area contributed by atoms with Crippen LogP contribution >= 0.6 is 0 Å². The minimum absolute atomic E-state index is 0.0288. The molecule has 1 atom stereocenters. The number of nitrogens with zero attached hydrogens (tertiary/aromatic N) is 2. The quantitative estimate of drug-likeness (QED) is 0.333. The summed E-state index contributed by atoms with van der Waals surface area (Å²) in [6.45, 7) is 4.00. The van der Waals surface area contributed by atoms with Crippen LogP contribution in [0.1, 0.15) is 31.4 Å². The van der Waals surface area contributed by atoms with E-state index < -0.39 is 29.7 Å². The molecule has 1 aromatic heterocycles. The second kappa shape index (κ2) is 12.8. The minimum atomic E-state index is -1.07. The number of alkyl carbamates (subject to hydrolysis) is 1. The van der Waals surface area contributed by atoms with Crippen LogP contribution in [0.3, 0.4) is 0 Å². The smallest absolute Gasteiger partial charge is 0.407 e. The van der Waals surface area contributed by atoms with Crippen LogP contribution in [0.2, 0.25) is 0 Å². The molecule has 0 aliphatic heterocycles. The maximum Gasteiger partial charge on any atom is 0.407 e. The fraction of sp³-hybridized carbons (Fsp3) is 0.231. The lowest BCUT2D eigenvalue weighted by Crippen LogP contribution is -2.33. The van der Waals surface area contributed by atoms with Gasteiger partial charge in [0, 0.05) is 25.0 Å². The number of carbonyl (C=O) groups excluding carboxylic acids is 2. The molecule has 0 aliphatic rings. The number of nitrogens with one attached hydrogen (secondary N) is 4. The van der Waals surface area contributed by atoms with Crippen LogP contribution < -0.4 is 21.3 Å². The number of ether oxygens (including phenoxy) is 1. The van der Waals surface area contributed by atoms with Crippen LogP contribution in [0.25, 0.3) is 0 Å². The van der Waals surface area contributed by atoms with Crippen molar-refractivity contribution in [1.82, 2.24) is 15.3 Å². The number of halogens is 2. The molecule has 1 unspecified atom stereocenters. The molecule has 0 saturated heterocycles. The summed E-state index contributed by atoms with van der Waals surface area (Å²) in [6.07, 6.45) is 0.478. The van der Waals surface area contributed by atoms with Crippen molar-refractivity contribution >= 4 is 35.1 Å². The van der Waals surface area contributed by atoms with Crippen LogP contribution in [-0.4, -0.2) is 41.7 Å². The molecule has 3 aromatic rings.